The summed E-state index contributed by atoms with van der Waals surface area (Å²) in [5, 5.41) is 11.0. The molecule has 0 atom stereocenters. The van der Waals surface area contributed by atoms with E-state index in [1.165, 1.54) is 12.1 Å². The second kappa shape index (κ2) is 6.36. The Balaban J connectivity index is 2.84. The maximum absolute atomic E-state index is 13.1. The fourth-order valence-corrected chi connectivity index (χ4v) is 1.00. The molecule has 0 aliphatic carbocycles. The minimum atomic E-state index is -0.547. The predicted molar refractivity (Wildman–Crippen MR) is 59.9 cm³/mol. The van der Waals surface area contributed by atoms with Crippen LogP contribution in [0.4, 0.5) is 4.39 Å². The molecule has 1 aromatic rings. The van der Waals surface area contributed by atoms with Crippen molar-refractivity contribution in [3.63, 3.8) is 0 Å². The van der Waals surface area contributed by atoms with Gasteiger partial charge in [-0.15, -0.1) is 6.58 Å². The second-order valence-electron chi connectivity index (χ2n) is 2.94. The Bertz CT molecular complexity index is 458. The van der Waals surface area contributed by atoms with E-state index in [1.54, 1.807) is 6.08 Å². The van der Waals surface area contributed by atoms with Gasteiger partial charge in [-0.25, -0.2) is 9.37 Å². The van der Waals surface area contributed by atoms with Crippen LogP contribution < -0.4 is 0 Å². The first-order valence-electron chi connectivity index (χ1n) is 4.71. The molecule has 16 heavy (non-hydrogen) atoms. The van der Waals surface area contributed by atoms with Gasteiger partial charge in [-0.3, -0.25) is 0 Å². The number of nitrogens with zero attached hydrogens (tertiary/aromatic N) is 2. The van der Waals surface area contributed by atoms with Gasteiger partial charge in [0.1, 0.15) is 11.4 Å². The number of aromatic nitrogens is 1. The van der Waals surface area contributed by atoms with Gasteiger partial charge >= 0.3 is 0 Å². The normalized spacial score (nSPS) is 9.81. The van der Waals surface area contributed by atoms with E-state index >= 15 is 0 Å². The van der Waals surface area contributed by atoms with Gasteiger partial charge in [-0.05, 0) is 24.5 Å². The van der Waals surface area contributed by atoms with Crippen molar-refractivity contribution in [1.29, 1.82) is 0 Å². The molecule has 0 aliphatic rings. The number of rotatable bonds is 3. The average molecular weight is 218 g/mol. The van der Waals surface area contributed by atoms with E-state index in [1.807, 2.05) is 0 Å². The van der Waals surface area contributed by atoms with Crippen molar-refractivity contribution in [3.8, 4) is 11.8 Å². The number of halogens is 1. The summed E-state index contributed by atoms with van der Waals surface area (Å²) in [4.78, 5) is 3.88. The lowest BCUT2D eigenvalue weighted by Gasteiger charge is -1.95. The molecule has 0 amide bonds. The molecule has 0 aromatic carbocycles. The molecule has 0 fully saturated rings. The largest absolute Gasteiger partial charge is 0.411 e. The summed E-state index contributed by atoms with van der Waals surface area (Å²) in [6, 6.07) is 2.71. The molecule has 1 heterocycles. The Kier molecular flexibility index (Phi) is 4.74. The van der Waals surface area contributed by atoms with Gasteiger partial charge < -0.3 is 5.21 Å². The number of unbranched alkanes of at least 4 members (excludes halogenated alkanes) is 1. The van der Waals surface area contributed by atoms with Crippen LogP contribution in [0.3, 0.4) is 0 Å². The molecule has 0 aliphatic heterocycles. The third kappa shape index (κ3) is 3.54. The number of hydrogen-bond donors (Lipinski definition) is 1. The van der Waals surface area contributed by atoms with Crippen LogP contribution in [0.5, 0.6) is 0 Å². The minimum absolute atomic E-state index is 0.0296. The highest BCUT2D eigenvalue weighted by atomic mass is 19.1. The van der Waals surface area contributed by atoms with E-state index in [0.717, 1.165) is 12.6 Å². The van der Waals surface area contributed by atoms with Crippen LogP contribution in [-0.2, 0) is 0 Å². The van der Waals surface area contributed by atoms with Crippen LogP contribution in [0.15, 0.2) is 29.9 Å². The van der Waals surface area contributed by atoms with E-state index < -0.39 is 5.82 Å². The van der Waals surface area contributed by atoms with Crippen LogP contribution in [0.25, 0.3) is 0 Å². The summed E-state index contributed by atoms with van der Waals surface area (Å²) >= 11 is 0. The van der Waals surface area contributed by atoms with Crippen molar-refractivity contribution >= 4 is 6.21 Å². The zero-order valence-corrected chi connectivity index (χ0v) is 8.65. The molecule has 0 radical (unpaired) electrons. The topological polar surface area (TPSA) is 45.5 Å². The molecule has 1 N–H and O–H groups in total. The summed E-state index contributed by atoms with van der Waals surface area (Å²) in [6.07, 6.45) is 4.20. The highest BCUT2D eigenvalue weighted by Crippen LogP contribution is 2.03. The molecule has 0 bridgehead atoms. The molecular formula is C12H11FN2O. The number of pyridine rings is 1. The number of hydrogen-bond acceptors (Lipinski definition) is 3. The lowest BCUT2D eigenvalue weighted by Crippen LogP contribution is -1.95. The Hall–Kier alpha value is -2.15. The number of oxime groups is 1. The fourth-order valence-electron chi connectivity index (χ4n) is 1.00. The predicted octanol–water partition coefficient (Wildman–Crippen LogP) is 2.35. The molecule has 3 nitrogen and oxygen atoms in total. The van der Waals surface area contributed by atoms with Gasteiger partial charge in [0.15, 0.2) is 5.82 Å². The van der Waals surface area contributed by atoms with E-state index in [9.17, 15) is 4.39 Å². The van der Waals surface area contributed by atoms with Gasteiger partial charge in [0.25, 0.3) is 0 Å². The van der Waals surface area contributed by atoms with Crippen LogP contribution in [0, 0.1) is 17.7 Å². The molecule has 1 rings (SSSR count). The van der Waals surface area contributed by atoms with E-state index in [4.69, 9.17) is 5.21 Å². The Morgan fingerprint density at radius 2 is 2.38 bits per heavy atom. The summed E-state index contributed by atoms with van der Waals surface area (Å²) in [7, 11) is 0. The van der Waals surface area contributed by atoms with Crippen LogP contribution in [-0.4, -0.2) is 16.4 Å². The quantitative estimate of drug-likeness (QED) is 0.211. The van der Waals surface area contributed by atoms with E-state index in [2.05, 4.69) is 28.6 Å². The Morgan fingerprint density at radius 3 is 3.06 bits per heavy atom. The van der Waals surface area contributed by atoms with Crippen LogP contribution in [0.2, 0.25) is 0 Å². The van der Waals surface area contributed by atoms with Gasteiger partial charge in [-0.1, -0.05) is 17.2 Å². The first-order chi connectivity index (χ1) is 7.77. The van der Waals surface area contributed by atoms with E-state index in [-0.39, 0.29) is 5.69 Å². The van der Waals surface area contributed by atoms with E-state index in [0.29, 0.717) is 12.1 Å². The lowest BCUT2D eigenvalue weighted by atomic mass is 10.2. The van der Waals surface area contributed by atoms with Gasteiger partial charge in [-0.2, -0.15) is 0 Å². The van der Waals surface area contributed by atoms with Gasteiger partial charge in [0.2, 0.25) is 0 Å². The maximum atomic E-state index is 13.1. The zero-order chi connectivity index (χ0) is 11.8. The molecule has 82 valence electrons. The highest BCUT2D eigenvalue weighted by molar-refractivity contribution is 5.76. The monoisotopic (exact) mass is 218 g/mol. The SMILES string of the molecule is C=CCCC#Cc1ccc(F)c(/C=N\O)n1. The Labute approximate surface area is 93.3 Å². The van der Waals surface area contributed by atoms with Crippen molar-refractivity contribution in [2.45, 2.75) is 12.8 Å². The molecule has 0 spiro atoms. The molecule has 1 aromatic heterocycles. The Morgan fingerprint density at radius 1 is 1.56 bits per heavy atom. The third-order valence-corrected chi connectivity index (χ3v) is 1.74. The minimum Gasteiger partial charge on any atom is -0.411 e. The van der Waals surface area contributed by atoms with Crippen molar-refractivity contribution in [2.75, 3.05) is 0 Å². The standard InChI is InChI=1S/C12H11FN2O/c1-2-3-4-5-6-10-7-8-11(13)12(15-10)9-14-16/h2,7-9,16H,1,3-4H2/b14-9-. The summed E-state index contributed by atoms with van der Waals surface area (Å²) in [5.41, 5.74) is 0.415. The third-order valence-electron chi connectivity index (χ3n) is 1.74. The smallest absolute Gasteiger partial charge is 0.150 e. The zero-order valence-electron chi connectivity index (χ0n) is 8.65. The van der Waals surface area contributed by atoms with Crippen molar-refractivity contribution in [2.24, 2.45) is 5.16 Å². The highest BCUT2D eigenvalue weighted by Gasteiger charge is 2.01. The lowest BCUT2D eigenvalue weighted by molar-refractivity contribution is 0.321. The molecule has 0 saturated carbocycles. The first-order valence-corrected chi connectivity index (χ1v) is 4.71. The fraction of sp³-hybridized carbons (Fsp3) is 0.167. The van der Waals surface area contributed by atoms with Crippen LogP contribution >= 0.6 is 0 Å². The molecule has 0 unspecified atom stereocenters. The van der Waals surface area contributed by atoms with Crippen molar-refractivity contribution in [1.82, 2.24) is 4.98 Å². The van der Waals surface area contributed by atoms with Crippen molar-refractivity contribution in [3.05, 3.63) is 42.0 Å². The van der Waals surface area contributed by atoms with Gasteiger partial charge in [0.05, 0.1) is 6.21 Å². The molecular weight excluding hydrogens is 207 g/mol. The molecule has 4 heteroatoms. The number of allylic oxidation sites excluding steroid dienone is 1. The molecule has 0 saturated heterocycles. The van der Waals surface area contributed by atoms with Gasteiger partial charge in [0, 0.05) is 6.42 Å². The first kappa shape index (κ1) is 11.9. The average Bonchev–Trinajstić information content (AvgIpc) is 2.29. The maximum Gasteiger partial charge on any atom is 0.150 e. The summed E-state index contributed by atoms with van der Waals surface area (Å²) in [5.74, 6) is 5.12. The summed E-state index contributed by atoms with van der Waals surface area (Å²) < 4.78 is 13.1. The van der Waals surface area contributed by atoms with Crippen LogP contribution in [0.1, 0.15) is 24.2 Å². The van der Waals surface area contributed by atoms with Crippen molar-refractivity contribution < 1.29 is 9.60 Å². The second-order valence-corrected chi connectivity index (χ2v) is 2.94. The summed E-state index contributed by atoms with van der Waals surface area (Å²) in [6.45, 7) is 3.58.